The topological polar surface area (TPSA) is 79.6 Å². The first-order chi connectivity index (χ1) is 16.2. The van der Waals surface area contributed by atoms with E-state index in [-0.39, 0.29) is 11.6 Å². The summed E-state index contributed by atoms with van der Waals surface area (Å²) in [5, 5.41) is 8.41. The maximum atomic E-state index is 14.1. The van der Waals surface area contributed by atoms with Gasteiger partial charge in [0.15, 0.2) is 5.65 Å². The van der Waals surface area contributed by atoms with Crippen LogP contribution in [-0.4, -0.2) is 55.3 Å². The van der Waals surface area contributed by atoms with Gasteiger partial charge in [0.1, 0.15) is 24.4 Å². The molecule has 0 aliphatic carbocycles. The van der Waals surface area contributed by atoms with Crippen molar-refractivity contribution in [3.63, 3.8) is 0 Å². The predicted octanol–water partition coefficient (Wildman–Crippen LogP) is 3.22. The summed E-state index contributed by atoms with van der Waals surface area (Å²) in [4.78, 5) is 4.30. The Balaban J connectivity index is 1.49. The largest absolute Gasteiger partial charge is 0.370 e. The van der Waals surface area contributed by atoms with Gasteiger partial charge in [0.2, 0.25) is 10.0 Å². The monoisotopic (exact) mass is 519 g/mol. The van der Waals surface area contributed by atoms with Crippen molar-refractivity contribution >= 4 is 58.0 Å². The van der Waals surface area contributed by atoms with E-state index in [1.54, 1.807) is 16.8 Å². The van der Waals surface area contributed by atoms with Crippen molar-refractivity contribution in [2.24, 2.45) is 0 Å². The molecule has 4 rings (SSSR count). The Bertz CT molecular complexity index is 1470. The highest BCUT2D eigenvalue weighted by Gasteiger charge is 2.24. The molecular weight excluding hydrogens is 499 g/mol. The minimum Gasteiger partial charge on any atom is -0.370 e. The third-order valence-corrected chi connectivity index (χ3v) is 7.79. The summed E-state index contributed by atoms with van der Waals surface area (Å²) in [6.07, 6.45) is 2.20. The van der Waals surface area contributed by atoms with Crippen LogP contribution in [0.25, 0.3) is 16.9 Å². The number of benzene rings is 2. The average molecular weight is 520 g/mol. The van der Waals surface area contributed by atoms with E-state index in [9.17, 15) is 12.8 Å². The molecule has 0 saturated heterocycles. The lowest BCUT2D eigenvalue weighted by Crippen LogP contribution is -2.29. The van der Waals surface area contributed by atoms with Crippen LogP contribution in [0.15, 0.2) is 59.6 Å². The van der Waals surface area contributed by atoms with Crippen LogP contribution in [0, 0.1) is 5.82 Å². The molecular formula is C22H21BCl2FN5O2S. The molecule has 2 aromatic carbocycles. The number of sulfonamides is 1. The Kier molecular flexibility index (Phi) is 7.13. The molecule has 0 bridgehead atoms. The smallest absolute Gasteiger partial charge is 0.245 e. The number of nitrogens with one attached hydrogen (secondary N) is 1. The molecule has 176 valence electrons. The maximum absolute atomic E-state index is 14.1. The molecule has 0 amide bonds. The van der Waals surface area contributed by atoms with Gasteiger partial charge in [0.05, 0.1) is 5.69 Å². The fourth-order valence-electron chi connectivity index (χ4n) is 3.50. The van der Waals surface area contributed by atoms with E-state index >= 15 is 0 Å². The van der Waals surface area contributed by atoms with E-state index in [1.807, 2.05) is 32.1 Å². The summed E-state index contributed by atoms with van der Waals surface area (Å²) in [5.41, 5.74) is 3.10. The van der Waals surface area contributed by atoms with Gasteiger partial charge in [-0.05, 0) is 36.1 Å². The van der Waals surface area contributed by atoms with Crippen LogP contribution in [0.2, 0.25) is 10.0 Å². The highest BCUT2D eigenvalue weighted by atomic mass is 35.5. The zero-order valence-corrected chi connectivity index (χ0v) is 20.8. The van der Waals surface area contributed by atoms with E-state index in [0.717, 1.165) is 21.4 Å². The Morgan fingerprint density at radius 2 is 1.94 bits per heavy atom. The van der Waals surface area contributed by atoms with Gasteiger partial charge in [-0.15, -0.1) is 0 Å². The lowest BCUT2D eigenvalue weighted by molar-refractivity contribution is 0.459. The van der Waals surface area contributed by atoms with Crippen LogP contribution < -0.4 is 10.8 Å². The second kappa shape index (κ2) is 9.91. The van der Waals surface area contributed by atoms with Gasteiger partial charge >= 0.3 is 0 Å². The van der Waals surface area contributed by atoms with Gasteiger partial charge in [-0.3, -0.25) is 0 Å². The van der Waals surface area contributed by atoms with Crippen LogP contribution in [0.5, 0.6) is 0 Å². The van der Waals surface area contributed by atoms with Gasteiger partial charge in [0.25, 0.3) is 0 Å². The first kappa shape index (κ1) is 24.5. The molecule has 0 aliphatic heterocycles. The van der Waals surface area contributed by atoms with Crippen LogP contribution in [0.1, 0.15) is 6.42 Å². The van der Waals surface area contributed by atoms with Gasteiger partial charge in [-0.25, -0.2) is 22.1 Å². The highest BCUT2D eigenvalue weighted by Crippen LogP contribution is 2.28. The van der Waals surface area contributed by atoms with Gasteiger partial charge < -0.3 is 5.32 Å². The Labute approximate surface area is 208 Å². The van der Waals surface area contributed by atoms with Gasteiger partial charge in [0, 0.05) is 48.0 Å². The lowest BCUT2D eigenvalue weighted by Gasteiger charge is -2.18. The molecule has 0 spiro atoms. The summed E-state index contributed by atoms with van der Waals surface area (Å²) < 4.78 is 42.4. The molecule has 0 aliphatic rings. The summed E-state index contributed by atoms with van der Waals surface area (Å²) in [6.45, 7) is 0.629. The standard InChI is InChI=1S/C22H21BCl2FN5O2S/c1-30(34(32,33)20-8-7-14(24)11-18(20)26)10-4-9-27-21-12-19(15-5-2-3-6-17(15)25)29-22-16(23)13-28-31(21)22/h2-3,5-8,11-13,27H,4,9-10,23H2,1H3. The molecule has 7 nitrogen and oxygen atoms in total. The highest BCUT2D eigenvalue weighted by molar-refractivity contribution is 7.89. The van der Waals surface area contributed by atoms with Crippen molar-refractivity contribution in [3.8, 4) is 11.3 Å². The van der Waals surface area contributed by atoms with E-state index < -0.39 is 20.7 Å². The fraction of sp³-hybridized carbons (Fsp3) is 0.182. The Hall–Kier alpha value is -2.66. The second-order valence-corrected chi connectivity index (χ2v) is 10.6. The van der Waals surface area contributed by atoms with Crippen molar-refractivity contribution < 1.29 is 12.8 Å². The first-order valence-electron chi connectivity index (χ1n) is 10.4. The minimum absolute atomic E-state index is 0.136. The van der Waals surface area contributed by atoms with E-state index in [0.29, 0.717) is 35.1 Å². The number of halogens is 3. The Morgan fingerprint density at radius 3 is 2.68 bits per heavy atom. The molecule has 34 heavy (non-hydrogen) atoms. The van der Waals surface area contributed by atoms with Gasteiger partial charge in [-0.2, -0.15) is 9.61 Å². The number of aromatic nitrogens is 3. The molecule has 0 fully saturated rings. The summed E-state index contributed by atoms with van der Waals surface area (Å²) in [5.74, 6) is -0.180. The van der Waals surface area contributed by atoms with Crippen LogP contribution in [0.4, 0.5) is 10.2 Å². The predicted molar refractivity (Wildman–Crippen MR) is 136 cm³/mol. The number of rotatable bonds is 8. The van der Waals surface area contributed by atoms with Crippen LogP contribution in [0.3, 0.4) is 0 Å². The first-order valence-corrected chi connectivity index (χ1v) is 12.6. The number of hydrogen-bond donors (Lipinski definition) is 1. The third kappa shape index (κ3) is 4.90. The number of hydrogen-bond acceptors (Lipinski definition) is 5. The number of nitrogens with zero attached hydrogens (tertiary/aromatic N) is 4. The zero-order chi connectivity index (χ0) is 24.5. The fourth-order valence-corrected chi connectivity index (χ4v) is 5.14. The van der Waals surface area contributed by atoms with E-state index in [4.69, 9.17) is 28.2 Å². The number of fused-ring (bicyclic) bond motifs is 1. The SMILES string of the molecule is Bc1cnn2c(NCCCN(C)S(=O)(=O)c3ccc(Cl)cc3F)cc(-c3ccccc3Cl)nc12. The molecule has 1 N–H and O–H groups in total. The molecule has 0 atom stereocenters. The number of anilines is 1. The van der Waals surface area contributed by atoms with E-state index in [2.05, 4.69) is 10.4 Å². The van der Waals surface area contributed by atoms with Crippen molar-refractivity contribution in [2.45, 2.75) is 11.3 Å². The van der Waals surface area contributed by atoms with Crippen molar-refractivity contribution in [1.29, 1.82) is 0 Å². The van der Waals surface area contributed by atoms with Crippen molar-refractivity contribution in [3.05, 3.63) is 70.6 Å². The van der Waals surface area contributed by atoms with E-state index in [1.165, 1.54) is 19.2 Å². The molecule has 0 radical (unpaired) electrons. The van der Waals surface area contributed by atoms with Crippen molar-refractivity contribution in [2.75, 3.05) is 25.5 Å². The summed E-state index contributed by atoms with van der Waals surface area (Å²) in [6, 6.07) is 12.8. The van der Waals surface area contributed by atoms with Gasteiger partial charge in [-0.1, -0.05) is 41.4 Å². The molecule has 2 heterocycles. The molecule has 2 aromatic heterocycles. The van der Waals surface area contributed by atoms with Crippen LogP contribution >= 0.6 is 23.2 Å². The lowest BCUT2D eigenvalue weighted by atomic mass is 10.0. The molecule has 0 saturated carbocycles. The second-order valence-electron chi connectivity index (χ2n) is 7.75. The minimum atomic E-state index is -3.98. The molecule has 4 aromatic rings. The molecule has 12 heteroatoms. The van der Waals surface area contributed by atoms with Crippen molar-refractivity contribution in [1.82, 2.24) is 18.9 Å². The van der Waals surface area contributed by atoms with Crippen LogP contribution in [-0.2, 0) is 10.0 Å². The summed E-state index contributed by atoms with van der Waals surface area (Å²) in [7, 11) is -0.642. The maximum Gasteiger partial charge on any atom is 0.245 e. The molecule has 0 unspecified atom stereocenters. The normalized spacial score (nSPS) is 11.9. The summed E-state index contributed by atoms with van der Waals surface area (Å²) >= 11 is 12.1. The zero-order valence-electron chi connectivity index (χ0n) is 18.5. The quantitative estimate of drug-likeness (QED) is 0.285. The Morgan fingerprint density at radius 1 is 1.18 bits per heavy atom. The third-order valence-electron chi connectivity index (χ3n) is 5.34. The average Bonchev–Trinajstić information content (AvgIpc) is 3.17.